The van der Waals surface area contributed by atoms with Crippen molar-refractivity contribution in [3.05, 3.63) is 24.3 Å². The van der Waals surface area contributed by atoms with Crippen LogP contribution in [0, 0.1) is 0 Å². The molecule has 1 atom stereocenters. The Morgan fingerprint density at radius 1 is 1.40 bits per heavy atom. The van der Waals surface area contributed by atoms with E-state index >= 15 is 0 Å². The number of hydrogen-bond donors (Lipinski definition) is 2. The Hall–Kier alpha value is -1.53. The van der Waals surface area contributed by atoms with Gasteiger partial charge in [0.05, 0.1) is 5.52 Å². The number of para-hydroxylation sites is 1. The normalized spacial score (nSPS) is 19.3. The number of nitrogens with zero attached hydrogens (tertiary/aromatic N) is 3. The maximum absolute atomic E-state index is 5.50. The minimum absolute atomic E-state index is 0.477. The number of nitrogen functional groups attached to an aromatic ring is 1. The van der Waals surface area contributed by atoms with Crippen molar-refractivity contribution >= 4 is 34.4 Å². The molecule has 3 N–H and O–H groups in total. The Labute approximate surface area is 122 Å². The Bertz CT molecular complexity index is 603. The molecule has 1 aromatic carbocycles. The summed E-state index contributed by atoms with van der Waals surface area (Å²) in [4.78, 5) is 11.3. The predicted octanol–water partition coefficient (Wildman–Crippen LogP) is 2.25. The number of fused-ring (bicyclic) bond motifs is 1. The van der Waals surface area contributed by atoms with Crippen molar-refractivity contribution in [2.75, 3.05) is 29.2 Å². The van der Waals surface area contributed by atoms with E-state index in [-0.39, 0.29) is 0 Å². The molecule has 1 unspecified atom stereocenters. The smallest absolute Gasteiger partial charge is 0.239 e. The van der Waals surface area contributed by atoms with E-state index in [1.807, 2.05) is 18.2 Å². The minimum Gasteiger partial charge on any atom is -0.354 e. The lowest BCUT2D eigenvalue weighted by atomic mass is 10.2. The minimum atomic E-state index is 0.477. The third-order valence-corrected chi connectivity index (χ3v) is 4.98. The summed E-state index contributed by atoms with van der Waals surface area (Å²) in [5.41, 5.74) is 3.50. The highest BCUT2D eigenvalue weighted by Crippen LogP contribution is 2.30. The SMILES string of the molecule is CCC1CN(c2nc(NN)nc3ccccc23)CCS1. The molecular formula is C14H19N5S. The number of aromatic nitrogens is 2. The van der Waals surface area contributed by atoms with Crippen LogP contribution in [0.15, 0.2) is 24.3 Å². The van der Waals surface area contributed by atoms with Crippen molar-refractivity contribution < 1.29 is 0 Å². The van der Waals surface area contributed by atoms with Crippen LogP contribution < -0.4 is 16.2 Å². The average molecular weight is 289 g/mol. The van der Waals surface area contributed by atoms with Crippen LogP contribution in [0.4, 0.5) is 11.8 Å². The van der Waals surface area contributed by atoms with E-state index in [1.54, 1.807) is 0 Å². The van der Waals surface area contributed by atoms with Crippen LogP contribution in [-0.2, 0) is 0 Å². The highest BCUT2D eigenvalue weighted by Gasteiger charge is 2.22. The first-order valence-corrected chi connectivity index (χ1v) is 7.96. The van der Waals surface area contributed by atoms with Crippen molar-refractivity contribution in [1.29, 1.82) is 0 Å². The van der Waals surface area contributed by atoms with Gasteiger partial charge in [-0.15, -0.1) is 0 Å². The molecule has 0 radical (unpaired) electrons. The number of nitrogens with two attached hydrogens (primary N) is 1. The molecule has 1 aromatic heterocycles. The van der Waals surface area contributed by atoms with E-state index in [2.05, 4.69) is 45.0 Å². The molecule has 1 aliphatic rings. The summed E-state index contributed by atoms with van der Waals surface area (Å²) in [6, 6.07) is 8.09. The molecule has 0 aliphatic carbocycles. The third kappa shape index (κ3) is 2.53. The monoisotopic (exact) mass is 289 g/mol. The molecule has 1 fully saturated rings. The lowest BCUT2D eigenvalue weighted by molar-refractivity contribution is 0.722. The van der Waals surface area contributed by atoms with Crippen molar-refractivity contribution in [1.82, 2.24) is 9.97 Å². The van der Waals surface area contributed by atoms with Gasteiger partial charge in [-0.05, 0) is 18.6 Å². The number of hydrazine groups is 1. The summed E-state index contributed by atoms with van der Waals surface area (Å²) < 4.78 is 0. The van der Waals surface area contributed by atoms with Gasteiger partial charge < -0.3 is 4.90 Å². The fourth-order valence-electron chi connectivity index (χ4n) is 2.52. The van der Waals surface area contributed by atoms with Crippen molar-refractivity contribution in [2.24, 2.45) is 5.84 Å². The van der Waals surface area contributed by atoms with Crippen LogP contribution in [0.5, 0.6) is 0 Å². The van der Waals surface area contributed by atoms with Gasteiger partial charge in [0, 0.05) is 29.5 Å². The van der Waals surface area contributed by atoms with Crippen LogP contribution in [0.2, 0.25) is 0 Å². The van der Waals surface area contributed by atoms with Crippen LogP contribution in [0.1, 0.15) is 13.3 Å². The molecule has 2 aromatic rings. The van der Waals surface area contributed by atoms with E-state index in [9.17, 15) is 0 Å². The summed E-state index contributed by atoms with van der Waals surface area (Å²) in [7, 11) is 0. The molecule has 0 spiro atoms. The van der Waals surface area contributed by atoms with Gasteiger partial charge in [-0.2, -0.15) is 16.7 Å². The first-order valence-electron chi connectivity index (χ1n) is 6.91. The predicted molar refractivity (Wildman–Crippen MR) is 86.1 cm³/mol. The molecule has 2 heterocycles. The van der Waals surface area contributed by atoms with Crippen LogP contribution in [0.25, 0.3) is 10.9 Å². The largest absolute Gasteiger partial charge is 0.354 e. The summed E-state index contributed by atoms with van der Waals surface area (Å²) in [6.45, 7) is 4.30. The fourth-order valence-corrected chi connectivity index (χ4v) is 3.70. The van der Waals surface area contributed by atoms with Gasteiger partial charge in [-0.3, -0.25) is 5.43 Å². The number of anilines is 2. The highest BCUT2D eigenvalue weighted by molar-refractivity contribution is 8.00. The van der Waals surface area contributed by atoms with Gasteiger partial charge in [-0.25, -0.2) is 10.8 Å². The van der Waals surface area contributed by atoms with Crippen LogP contribution in [-0.4, -0.2) is 34.1 Å². The number of rotatable bonds is 3. The molecule has 5 nitrogen and oxygen atoms in total. The first-order chi connectivity index (χ1) is 9.81. The fraction of sp³-hybridized carbons (Fsp3) is 0.429. The Balaban J connectivity index is 2.04. The second-order valence-corrected chi connectivity index (χ2v) is 6.29. The second kappa shape index (κ2) is 5.85. The zero-order chi connectivity index (χ0) is 13.9. The Kier molecular flexibility index (Phi) is 3.93. The van der Waals surface area contributed by atoms with E-state index in [4.69, 9.17) is 5.84 Å². The summed E-state index contributed by atoms with van der Waals surface area (Å²) in [5, 5.41) is 1.76. The van der Waals surface area contributed by atoms with Gasteiger partial charge in [0.15, 0.2) is 0 Å². The topological polar surface area (TPSA) is 67.1 Å². The molecule has 0 saturated carbocycles. The summed E-state index contributed by atoms with van der Waals surface area (Å²) in [6.07, 6.45) is 1.19. The lowest BCUT2D eigenvalue weighted by Crippen LogP contribution is -2.38. The van der Waals surface area contributed by atoms with Crippen molar-refractivity contribution in [3.8, 4) is 0 Å². The van der Waals surface area contributed by atoms with Crippen molar-refractivity contribution in [2.45, 2.75) is 18.6 Å². The maximum Gasteiger partial charge on any atom is 0.239 e. The number of nitrogens with one attached hydrogen (secondary N) is 1. The second-order valence-electron chi connectivity index (χ2n) is 4.88. The van der Waals surface area contributed by atoms with Crippen LogP contribution >= 0.6 is 11.8 Å². The van der Waals surface area contributed by atoms with E-state index in [0.29, 0.717) is 11.2 Å². The van der Waals surface area contributed by atoms with Gasteiger partial charge in [0.1, 0.15) is 5.82 Å². The Morgan fingerprint density at radius 2 is 2.25 bits per heavy atom. The lowest BCUT2D eigenvalue weighted by Gasteiger charge is -2.33. The standard InChI is InChI=1S/C14H19N5S/c1-2-10-9-19(7-8-20-10)13-11-5-3-4-6-12(11)16-14(17-13)18-15/h3-6,10H,2,7-9,15H2,1H3,(H,16,17,18). The van der Waals surface area contributed by atoms with E-state index < -0.39 is 0 Å². The van der Waals surface area contributed by atoms with E-state index in [0.717, 1.165) is 35.6 Å². The van der Waals surface area contributed by atoms with Gasteiger partial charge in [-0.1, -0.05) is 19.1 Å². The maximum atomic E-state index is 5.50. The quantitative estimate of drug-likeness (QED) is 0.667. The molecular weight excluding hydrogens is 270 g/mol. The Morgan fingerprint density at radius 3 is 3.05 bits per heavy atom. The molecule has 0 amide bonds. The molecule has 1 saturated heterocycles. The molecule has 6 heteroatoms. The first kappa shape index (κ1) is 13.5. The molecule has 0 bridgehead atoms. The molecule has 3 rings (SSSR count). The van der Waals surface area contributed by atoms with Gasteiger partial charge in [0.2, 0.25) is 5.95 Å². The number of hydrogen-bond acceptors (Lipinski definition) is 6. The highest BCUT2D eigenvalue weighted by atomic mass is 32.2. The summed E-state index contributed by atoms with van der Waals surface area (Å²) in [5.74, 6) is 8.10. The van der Waals surface area contributed by atoms with Crippen LogP contribution in [0.3, 0.4) is 0 Å². The molecule has 20 heavy (non-hydrogen) atoms. The zero-order valence-electron chi connectivity index (χ0n) is 11.5. The van der Waals surface area contributed by atoms with Gasteiger partial charge in [0.25, 0.3) is 0 Å². The summed E-state index contributed by atoms with van der Waals surface area (Å²) >= 11 is 2.05. The molecule has 106 valence electrons. The van der Waals surface area contributed by atoms with E-state index in [1.165, 1.54) is 6.42 Å². The van der Waals surface area contributed by atoms with Gasteiger partial charge >= 0.3 is 0 Å². The number of benzene rings is 1. The van der Waals surface area contributed by atoms with Crippen molar-refractivity contribution in [3.63, 3.8) is 0 Å². The number of thioether (sulfide) groups is 1. The zero-order valence-corrected chi connectivity index (χ0v) is 12.4. The average Bonchev–Trinajstić information content (AvgIpc) is 2.53. The molecule has 1 aliphatic heterocycles. The third-order valence-electron chi connectivity index (χ3n) is 3.61.